The quantitative estimate of drug-likeness (QED) is 0.728. The van der Waals surface area contributed by atoms with E-state index in [2.05, 4.69) is 37.9 Å². The lowest BCUT2D eigenvalue weighted by molar-refractivity contribution is -0.143. The molecular formula is C16H32N2O2. The van der Waals surface area contributed by atoms with E-state index in [1.807, 2.05) is 0 Å². The summed E-state index contributed by atoms with van der Waals surface area (Å²) in [5.41, 5.74) is 0. The fourth-order valence-corrected chi connectivity index (χ4v) is 3.19. The summed E-state index contributed by atoms with van der Waals surface area (Å²) < 4.78 is 4.90. The first-order valence-electron chi connectivity index (χ1n) is 8.04. The monoisotopic (exact) mass is 284 g/mol. The molecule has 0 spiro atoms. The number of rotatable bonds is 7. The first-order valence-corrected chi connectivity index (χ1v) is 8.04. The van der Waals surface area contributed by atoms with Crippen molar-refractivity contribution in [1.82, 2.24) is 10.2 Å². The summed E-state index contributed by atoms with van der Waals surface area (Å²) in [5, 5.41) is 3.30. The summed E-state index contributed by atoms with van der Waals surface area (Å²) >= 11 is 0. The van der Waals surface area contributed by atoms with Crippen LogP contribution in [0.15, 0.2) is 0 Å². The van der Waals surface area contributed by atoms with Crippen LogP contribution >= 0.6 is 0 Å². The van der Waals surface area contributed by atoms with Crippen LogP contribution in [-0.4, -0.2) is 49.7 Å². The highest BCUT2D eigenvalue weighted by Crippen LogP contribution is 2.26. The zero-order valence-corrected chi connectivity index (χ0v) is 13.8. The Hall–Kier alpha value is -0.610. The van der Waals surface area contributed by atoms with Gasteiger partial charge < -0.3 is 15.0 Å². The molecule has 4 unspecified atom stereocenters. The van der Waals surface area contributed by atoms with Gasteiger partial charge in [-0.2, -0.15) is 0 Å². The van der Waals surface area contributed by atoms with E-state index >= 15 is 0 Å². The molecule has 1 rings (SSSR count). The van der Waals surface area contributed by atoms with Crippen molar-refractivity contribution in [3.63, 3.8) is 0 Å². The maximum Gasteiger partial charge on any atom is 0.322 e. The number of methoxy groups -OCH3 is 1. The molecular weight excluding hydrogens is 252 g/mol. The van der Waals surface area contributed by atoms with E-state index in [1.54, 1.807) is 0 Å². The summed E-state index contributed by atoms with van der Waals surface area (Å²) in [5.74, 6) is 1.35. The van der Waals surface area contributed by atoms with Crippen LogP contribution in [-0.2, 0) is 9.53 Å². The average molecular weight is 284 g/mol. The molecule has 0 aromatic rings. The Morgan fingerprint density at radius 2 is 2.10 bits per heavy atom. The predicted molar refractivity (Wildman–Crippen MR) is 82.7 cm³/mol. The van der Waals surface area contributed by atoms with Gasteiger partial charge in [-0.3, -0.25) is 4.79 Å². The molecule has 0 aliphatic carbocycles. The number of piperidine rings is 1. The Labute approximate surface area is 124 Å². The molecule has 1 aliphatic rings. The number of hydrogen-bond donors (Lipinski definition) is 1. The van der Waals surface area contributed by atoms with Gasteiger partial charge in [-0.15, -0.1) is 0 Å². The maximum absolute atomic E-state index is 11.8. The predicted octanol–water partition coefficient (Wildman–Crippen LogP) is 2.28. The van der Waals surface area contributed by atoms with Crippen LogP contribution < -0.4 is 5.32 Å². The highest BCUT2D eigenvalue weighted by atomic mass is 16.5. The van der Waals surface area contributed by atoms with E-state index in [-0.39, 0.29) is 12.0 Å². The number of likely N-dealkylation sites (tertiary alicyclic amines) is 1. The molecule has 118 valence electrons. The third-order valence-electron chi connectivity index (χ3n) is 4.55. The van der Waals surface area contributed by atoms with Crippen molar-refractivity contribution in [2.24, 2.45) is 11.8 Å². The molecule has 0 aromatic heterocycles. The van der Waals surface area contributed by atoms with Crippen molar-refractivity contribution in [2.45, 2.75) is 59.0 Å². The summed E-state index contributed by atoms with van der Waals surface area (Å²) in [4.78, 5) is 14.3. The van der Waals surface area contributed by atoms with E-state index in [0.717, 1.165) is 44.3 Å². The number of carbonyl (C=O) groups excluding carboxylic acids is 1. The molecule has 0 amide bonds. The molecule has 4 atom stereocenters. The van der Waals surface area contributed by atoms with Crippen LogP contribution in [0.4, 0.5) is 0 Å². The van der Waals surface area contributed by atoms with Gasteiger partial charge in [-0.05, 0) is 44.6 Å². The lowest BCUT2D eigenvalue weighted by Crippen LogP contribution is -2.48. The summed E-state index contributed by atoms with van der Waals surface area (Å²) in [7, 11) is 1.47. The topological polar surface area (TPSA) is 41.6 Å². The van der Waals surface area contributed by atoms with Gasteiger partial charge >= 0.3 is 5.97 Å². The highest BCUT2D eigenvalue weighted by molar-refractivity contribution is 5.75. The van der Waals surface area contributed by atoms with E-state index in [1.165, 1.54) is 13.5 Å². The van der Waals surface area contributed by atoms with Gasteiger partial charge in [0.05, 0.1) is 7.11 Å². The Kier molecular flexibility index (Phi) is 7.52. The molecule has 0 saturated carbocycles. The molecule has 0 bridgehead atoms. The molecule has 1 saturated heterocycles. The Morgan fingerprint density at radius 3 is 2.70 bits per heavy atom. The van der Waals surface area contributed by atoms with Crippen LogP contribution in [0.2, 0.25) is 0 Å². The Morgan fingerprint density at radius 1 is 1.40 bits per heavy atom. The van der Waals surface area contributed by atoms with Crippen LogP contribution in [0.25, 0.3) is 0 Å². The number of nitrogens with one attached hydrogen (secondary N) is 1. The van der Waals surface area contributed by atoms with Crippen LogP contribution in [0.3, 0.4) is 0 Å². The molecule has 1 fully saturated rings. The van der Waals surface area contributed by atoms with Gasteiger partial charge in [0.1, 0.15) is 6.04 Å². The standard InChI is InChI=1S/C16H32N2O2/c1-6-8-17-15(16(19)20-5)7-9-18-11-12(2)10-13(3)14(18)4/h12-15,17H,6-11H2,1-5H3. The van der Waals surface area contributed by atoms with Crippen LogP contribution in [0.5, 0.6) is 0 Å². The van der Waals surface area contributed by atoms with Gasteiger partial charge in [0.25, 0.3) is 0 Å². The number of hydrogen-bond acceptors (Lipinski definition) is 4. The maximum atomic E-state index is 11.8. The molecule has 1 heterocycles. The second-order valence-corrected chi connectivity index (χ2v) is 6.37. The zero-order chi connectivity index (χ0) is 15.1. The van der Waals surface area contributed by atoms with E-state index in [4.69, 9.17) is 4.74 Å². The summed E-state index contributed by atoms with van der Waals surface area (Å²) in [6.45, 7) is 12.0. The minimum absolute atomic E-state index is 0.135. The van der Waals surface area contributed by atoms with Crippen molar-refractivity contribution in [3.8, 4) is 0 Å². The van der Waals surface area contributed by atoms with E-state index < -0.39 is 0 Å². The van der Waals surface area contributed by atoms with Crippen molar-refractivity contribution in [1.29, 1.82) is 0 Å². The fraction of sp³-hybridized carbons (Fsp3) is 0.938. The van der Waals surface area contributed by atoms with Gasteiger partial charge in [0.2, 0.25) is 0 Å². The molecule has 4 heteroatoms. The lowest BCUT2D eigenvalue weighted by atomic mass is 9.86. The van der Waals surface area contributed by atoms with Gasteiger partial charge in [-0.25, -0.2) is 0 Å². The van der Waals surface area contributed by atoms with Crippen LogP contribution in [0, 0.1) is 11.8 Å². The Balaban J connectivity index is 2.50. The van der Waals surface area contributed by atoms with E-state index in [0.29, 0.717) is 6.04 Å². The second kappa shape index (κ2) is 8.63. The van der Waals surface area contributed by atoms with Crippen molar-refractivity contribution >= 4 is 5.97 Å². The third kappa shape index (κ3) is 5.06. The molecule has 1 N–H and O–H groups in total. The second-order valence-electron chi connectivity index (χ2n) is 6.37. The largest absolute Gasteiger partial charge is 0.468 e. The lowest BCUT2D eigenvalue weighted by Gasteiger charge is -2.41. The smallest absolute Gasteiger partial charge is 0.322 e. The fourth-order valence-electron chi connectivity index (χ4n) is 3.19. The molecule has 20 heavy (non-hydrogen) atoms. The molecule has 0 radical (unpaired) electrons. The molecule has 1 aliphatic heterocycles. The molecule has 0 aromatic carbocycles. The number of ether oxygens (including phenoxy) is 1. The first kappa shape index (κ1) is 17.4. The summed E-state index contributed by atoms with van der Waals surface area (Å²) in [6.07, 6.45) is 3.17. The Bertz CT molecular complexity index is 296. The van der Waals surface area contributed by atoms with Crippen molar-refractivity contribution in [3.05, 3.63) is 0 Å². The zero-order valence-electron chi connectivity index (χ0n) is 13.8. The van der Waals surface area contributed by atoms with Crippen molar-refractivity contribution in [2.75, 3.05) is 26.7 Å². The van der Waals surface area contributed by atoms with Gasteiger partial charge in [0.15, 0.2) is 0 Å². The SMILES string of the molecule is CCCNC(CCN1CC(C)CC(C)C1C)C(=O)OC. The number of esters is 1. The minimum atomic E-state index is -0.167. The average Bonchev–Trinajstić information content (AvgIpc) is 2.43. The number of carbonyl (C=O) groups is 1. The minimum Gasteiger partial charge on any atom is -0.468 e. The number of nitrogens with zero attached hydrogens (tertiary/aromatic N) is 1. The van der Waals surface area contributed by atoms with Crippen molar-refractivity contribution < 1.29 is 9.53 Å². The van der Waals surface area contributed by atoms with Gasteiger partial charge in [0, 0.05) is 19.1 Å². The normalized spacial score (nSPS) is 29.1. The highest BCUT2D eigenvalue weighted by Gasteiger charge is 2.29. The van der Waals surface area contributed by atoms with E-state index in [9.17, 15) is 4.79 Å². The third-order valence-corrected chi connectivity index (χ3v) is 4.55. The van der Waals surface area contributed by atoms with Crippen LogP contribution in [0.1, 0.15) is 47.0 Å². The van der Waals surface area contributed by atoms with Gasteiger partial charge in [-0.1, -0.05) is 20.8 Å². The summed E-state index contributed by atoms with van der Waals surface area (Å²) in [6, 6.07) is 0.440. The molecule has 4 nitrogen and oxygen atoms in total. The first-order chi connectivity index (χ1) is 9.49.